The zero-order valence-electron chi connectivity index (χ0n) is 10.8. The third kappa shape index (κ3) is 2.49. The van der Waals surface area contributed by atoms with E-state index < -0.39 is 5.97 Å². The van der Waals surface area contributed by atoms with Crippen LogP contribution < -0.4 is 0 Å². The van der Waals surface area contributed by atoms with E-state index in [1.54, 1.807) is 0 Å². The van der Waals surface area contributed by atoms with Crippen molar-refractivity contribution in [2.24, 2.45) is 5.92 Å². The second kappa shape index (κ2) is 5.05. The summed E-state index contributed by atoms with van der Waals surface area (Å²) in [6.45, 7) is 2.48. The number of carboxylic acids is 1. The largest absolute Gasteiger partial charge is 0.481 e. The lowest BCUT2D eigenvalue weighted by Crippen LogP contribution is -2.38. The van der Waals surface area contributed by atoms with Gasteiger partial charge in [-0.2, -0.15) is 0 Å². The number of likely N-dealkylation sites (tertiary alicyclic amines) is 1. The predicted octanol–water partition coefficient (Wildman–Crippen LogP) is 2.46. The van der Waals surface area contributed by atoms with Gasteiger partial charge in [-0.15, -0.1) is 0 Å². The van der Waals surface area contributed by atoms with Crippen molar-refractivity contribution in [3.05, 3.63) is 36.0 Å². The van der Waals surface area contributed by atoms with Crippen LogP contribution in [0.1, 0.15) is 18.4 Å². The van der Waals surface area contributed by atoms with Crippen LogP contribution in [-0.4, -0.2) is 34.0 Å². The van der Waals surface area contributed by atoms with Crippen molar-refractivity contribution < 1.29 is 9.90 Å². The molecular formula is C15H18N2O2. The lowest BCUT2D eigenvalue weighted by Gasteiger charge is -2.30. The van der Waals surface area contributed by atoms with Gasteiger partial charge in [-0.3, -0.25) is 9.69 Å². The second-order valence-electron chi connectivity index (χ2n) is 5.27. The van der Waals surface area contributed by atoms with Gasteiger partial charge in [0.05, 0.1) is 5.92 Å². The number of fused-ring (bicyclic) bond motifs is 1. The molecule has 4 heteroatoms. The Morgan fingerprint density at radius 1 is 1.42 bits per heavy atom. The Bertz CT molecular complexity index is 591. The number of hydrogen-bond acceptors (Lipinski definition) is 2. The van der Waals surface area contributed by atoms with Crippen molar-refractivity contribution in [3.63, 3.8) is 0 Å². The molecule has 1 aromatic heterocycles. The number of hydrogen-bond donors (Lipinski definition) is 2. The van der Waals surface area contributed by atoms with E-state index in [2.05, 4.69) is 22.0 Å². The topological polar surface area (TPSA) is 56.3 Å². The number of para-hydroxylation sites is 1. The highest BCUT2D eigenvalue weighted by Crippen LogP contribution is 2.23. The Morgan fingerprint density at radius 3 is 3.11 bits per heavy atom. The molecule has 1 atom stereocenters. The molecule has 4 nitrogen and oxygen atoms in total. The van der Waals surface area contributed by atoms with E-state index in [4.69, 9.17) is 5.11 Å². The van der Waals surface area contributed by atoms with Crippen LogP contribution in [0.3, 0.4) is 0 Å². The van der Waals surface area contributed by atoms with Crippen molar-refractivity contribution >= 4 is 16.9 Å². The Labute approximate surface area is 112 Å². The average Bonchev–Trinajstić information content (AvgIpc) is 2.83. The van der Waals surface area contributed by atoms with Crippen molar-refractivity contribution in [1.29, 1.82) is 0 Å². The number of nitrogens with one attached hydrogen (secondary N) is 1. The first-order chi connectivity index (χ1) is 9.24. The number of carboxylic acid groups (broad SMARTS) is 1. The fraction of sp³-hybridized carbons (Fsp3) is 0.400. The molecule has 1 aromatic carbocycles. The minimum Gasteiger partial charge on any atom is -0.481 e. The number of aromatic nitrogens is 1. The minimum atomic E-state index is -0.663. The Kier molecular flexibility index (Phi) is 3.25. The molecule has 1 saturated heterocycles. The lowest BCUT2D eigenvalue weighted by atomic mass is 9.98. The fourth-order valence-electron chi connectivity index (χ4n) is 2.90. The van der Waals surface area contributed by atoms with Crippen LogP contribution in [-0.2, 0) is 11.3 Å². The molecule has 2 heterocycles. The van der Waals surface area contributed by atoms with E-state index in [1.807, 2.05) is 18.3 Å². The summed E-state index contributed by atoms with van der Waals surface area (Å²) in [4.78, 5) is 16.6. The summed E-state index contributed by atoms with van der Waals surface area (Å²) >= 11 is 0. The maximum absolute atomic E-state index is 11.1. The monoisotopic (exact) mass is 258 g/mol. The van der Waals surface area contributed by atoms with E-state index >= 15 is 0 Å². The smallest absolute Gasteiger partial charge is 0.307 e. The summed E-state index contributed by atoms with van der Waals surface area (Å²) in [7, 11) is 0. The molecular weight excluding hydrogens is 240 g/mol. The van der Waals surface area contributed by atoms with E-state index in [-0.39, 0.29) is 5.92 Å². The molecule has 0 amide bonds. The quantitative estimate of drug-likeness (QED) is 0.889. The zero-order valence-corrected chi connectivity index (χ0v) is 10.8. The number of aromatic amines is 1. The molecule has 1 aliphatic rings. The normalized spacial score (nSPS) is 20.7. The summed E-state index contributed by atoms with van der Waals surface area (Å²) in [5.74, 6) is -0.873. The Balaban J connectivity index is 1.76. The number of nitrogens with zero attached hydrogens (tertiary/aromatic N) is 1. The number of aliphatic carboxylic acids is 1. The van der Waals surface area contributed by atoms with Crippen LogP contribution in [0, 0.1) is 5.92 Å². The summed E-state index contributed by atoms with van der Waals surface area (Å²) in [6, 6.07) is 8.23. The minimum absolute atomic E-state index is 0.209. The molecule has 2 aromatic rings. The second-order valence-corrected chi connectivity index (χ2v) is 5.27. The number of piperidine rings is 1. The molecule has 19 heavy (non-hydrogen) atoms. The first kappa shape index (κ1) is 12.2. The molecule has 1 fully saturated rings. The summed E-state index contributed by atoms with van der Waals surface area (Å²) in [5.41, 5.74) is 2.39. The molecule has 0 saturated carbocycles. The van der Waals surface area contributed by atoms with Crippen molar-refractivity contribution in [2.45, 2.75) is 19.4 Å². The molecule has 1 unspecified atom stereocenters. The first-order valence-electron chi connectivity index (χ1n) is 6.74. The third-order valence-corrected chi connectivity index (χ3v) is 3.92. The Morgan fingerprint density at radius 2 is 2.26 bits per heavy atom. The van der Waals surface area contributed by atoms with Gasteiger partial charge in [0.2, 0.25) is 0 Å². The molecule has 1 aliphatic heterocycles. The van der Waals surface area contributed by atoms with Crippen LogP contribution in [0.5, 0.6) is 0 Å². The maximum atomic E-state index is 11.1. The highest BCUT2D eigenvalue weighted by atomic mass is 16.4. The summed E-state index contributed by atoms with van der Waals surface area (Å²) in [5, 5.41) is 10.4. The molecule has 0 aliphatic carbocycles. The Hall–Kier alpha value is -1.81. The van der Waals surface area contributed by atoms with Crippen LogP contribution in [0.4, 0.5) is 0 Å². The highest BCUT2D eigenvalue weighted by Gasteiger charge is 2.25. The molecule has 0 spiro atoms. The van der Waals surface area contributed by atoms with Gasteiger partial charge in [-0.1, -0.05) is 18.2 Å². The van der Waals surface area contributed by atoms with Crippen LogP contribution in [0.25, 0.3) is 10.9 Å². The highest BCUT2D eigenvalue weighted by molar-refractivity contribution is 5.83. The predicted molar refractivity (Wildman–Crippen MR) is 73.9 cm³/mol. The van der Waals surface area contributed by atoms with E-state index in [9.17, 15) is 4.79 Å². The lowest BCUT2D eigenvalue weighted by molar-refractivity contribution is -0.143. The van der Waals surface area contributed by atoms with Gasteiger partial charge in [0.1, 0.15) is 0 Å². The van der Waals surface area contributed by atoms with Gasteiger partial charge < -0.3 is 10.1 Å². The van der Waals surface area contributed by atoms with E-state index in [0.717, 1.165) is 31.4 Å². The van der Waals surface area contributed by atoms with Crippen molar-refractivity contribution in [1.82, 2.24) is 9.88 Å². The average molecular weight is 258 g/mol. The number of rotatable bonds is 3. The number of H-pyrrole nitrogens is 1. The number of benzene rings is 1. The van der Waals surface area contributed by atoms with Crippen molar-refractivity contribution in [3.8, 4) is 0 Å². The molecule has 2 N–H and O–H groups in total. The molecule has 0 bridgehead atoms. The molecule has 0 radical (unpaired) electrons. The third-order valence-electron chi connectivity index (χ3n) is 3.92. The number of carbonyl (C=O) groups is 1. The van der Waals surface area contributed by atoms with Gasteiger partial charge in [0.15, 0.2) is 0 Å². The standard InChI is InChI=1S/C15H18N2O2/c18-15(19)11-4-3-7-17(9-11)10-12-8-16-14-6-2-1-5-13(12)14/h1-2,5-6,8,11,16H,3-4,7,9-10H2,(H,18,19). The van der Waals surface area contributed by atoms with Gasteiger partial charge in [0.25, 0.3) is 0 Å². The SMILES string of the molecule is O=C(O)C1CCCN(Cc2c[nH]c3ccccc23)C1. The summed E-state index contributed by atoms with van der Waals surface area (Å²) < 4.78 is 0. The zero-order chi connectivity index (χ0) is 13.2. The molecule has 3 rings (SSSR count). The van der Waals surface area contributed by atoms with Crippen molar-refractivity contribution in [2.75, 3.05) is 13.1 Å². The van der Waals surface area contributed by atoms with Gasteiger partial charge in [0, 0.05) is 30.2 Å². The fourth-order valence-corrected chi connectivity index (χ4v) is 2.90. The van der Waals surface area contributed by atoms with Gasteiger partial charge in [-0.05, 0) is 31.0 Å². The van der Waals surface area contributed by atoms with Crippen LogP contribution in [0.2, 0.25) is 0 Å². The van der Waals surface area contributed by atoms with E-state index in [0.29, 0.717) is 6.54 Å². The van der Waals surface area contributed by atoms with Crippen LogP contribution >= 0.6 is 0 Å². The summed E-state index contributed by atoms with van der Waals surface area (Å²) in [6.07, 6.45) is 3.81. The maximum Gasteiger partial charge on any atom is 0.307 e. The van der Waals surface area contributed by atoms with Gasteiger partial charge >= 0.3 is 5.97 Å². The van der Waals surface area contributed by atoms with Gasteiger partial charge in [-0.25, -0.2) is 0 Å². The molecule has 100 valence electrons. The van der Waals surface area contributed by atoms with E-state index in [1.165, 1.54) is 10.9 Å². The van der Waals surface area contributed by atoms with Crippen LogP contribution in [0.15, 0.2) is 30.5 Å². The first-order valence-corrected chi connectivity index (χ1v) is 6.74.